The molecule has 0 saturated heterocycles. The highest BCUT2D eigenvalue weighted by atomic mass is 14.9. The first-order valence-electron chi connectivity index (χ1n) is 3.18. The van der Waals surface area contributed by atoms with Gasteiger partial charge in [-0.05, 0) is 25.1 Å². The van der Waals surface area contributed by atoms with Crippen molar-refractivity contribution in [3.8, 4) is 0 Å². The summed E-state index contributed by atoms with van der Waals surface area (Å²) < 4.78 is 1.87. The molecule has 0 fully saturated rings. The lowest BCUT2D eigenvalue weighted by Gasteiger charge is -1.92. The molecule has 0 unspecified atom stereocenters. The minimum atomic E-state index is 1.04. The molecule has 2 aromatic heterocycles. The molecule has 0 aliphatic heterocycles. The van der Waals surface area contributed by atoms with Crippen molar-refractivity contribution >= 4 is 5.52 Å². The van der Waals surface area contributed by atoms with E-state index in [4.69, 9.17) is 0 Å². The molecule has 49 valence electrons. The molecule has 0 spiro atoms. The van der Waals surface area contributed by atoms with Crippen LogP contribution in [0, 0.1) is 13.1 Å². The topological polar surface area (TPSA) is 17.3 Å². The average molecular weight is 131 g/mol. The van der Waals surface area contributed by atoms with E-state index in [1.807, 2.05) is 29.5 Å². The Bertz CT molecular complexity index is 349. The molecule has 1 radical (unpaired) electrons. The predicted octanol–water partition coefficient (Wildman–Crippen LogP) is 1.44. The van der Waals surface area contributed by atoms with Crippen LogP contribution in [-0.4, -0.2) is 9.38 Å². The highest BCUT2D eigenvalue weighted by Gasteiger charge is 1.90. The Morgan fingerprint density at radius 3 is 3.40 bits per heavy atom. The van der Waals surface area contributed by atoms with Crippen LogP contribution >= 0.6 is 0 Å². The van der Waals surface area contributed by atoms with Crippen LogP contribution in [0.1, 0.15) is 5.69 Å². The van der Waals surface area contributed by atoms with Crippen molar-refractivity contribution in [2.75, 3.05) is 0 Å². The third kappa shape index (κ3) is 0.692. The Morgan fingerprint density at radius 2 is 2.50 bits per heavy atom. The third-order valence-electron chi connectivity index (χ3n) is 1.48. The van der Waals surface area contributed by atoms with Crippen molar-refractivity contribution in [2.24, 2.45) is 0 Å². The van der Waals surface area contributed by atoms with Gasteiger partial charge in [-0.3, -0.25) is 4.40 Å². The second kappa shape index (κ2) is 1.84. The monoisotopic (exact) mass is 131 g/mol. The lowest BCUT2D eigenvalue weighted by atomic mass is 10.4. The van der Waals surface area contributed by atoms with E-state index in [1.165, 1.54) is 0 Å². The predicted molar refractivity (Wildman–Crippen MR) is 38.8 cm³/mol. The fraction of sp³-hybridized carbons (Fsp3) is 0.125. The Labute approximate surface area is 59.1 Å². The van der Waals surface area contributed by atoms with Crippen LogP contribution < -0.4 is 0 Å². The zero-order valence-corrected chi connectivity index (χ0v) is 5.70. The number of nitrogens with zero attached hydrogens (tertiary/aromatic N) is 2. The smallest absolute Gasteiger partial charge is 0.0999 e. The molecule has 2 rings (SSSR count). The molecule has 0 aliphatic rings. The van der Waals surface area contributed by atoms with Crippen molar-refractivity contribution in [2.45, 2.75) is 6.92 Å². The molecular weight excluding hydrogens is 124 g/mol. The third-order valence-corrected chi connectivity index (χ3v) is 1.48. The van der Waals surface area contributed by atoms with Gasteiger partial charge in [-0.2, -0.15) is 0 Å². The Hall–Kier alpha value is -1.31. The first-order chi connectivity index (χ1) is 4.86. The maximum atomic E-state index is 4.11. The summed E-state index contributed by atoms with van der Waals surface area (Å²) in [6.07, 6.45) is 4.77. The number of hydrogen-bond donors (Lipinski definition) is 0. The normalized spacial score (nSPS) is 10.5. The fourth-order valence-corrected chi connectivity index (χ4v) is 0.976. The van der Waals surface area contributed by atoms with E-state index in [1.54, 1.807) is 6.33 Å². The molecule has 2 heteroatoms. The number of hydrogen-bond acceptors (Lipinski definition) is 1. The number of fused-ring (bicyclic) bond motifs is 1. The quantitative estimate of drug-likeness (QED) is 0.529. The first kappa shape index (κ1) is 5.47. The molecule has 2 heterocycles. The molecule has 0 amide bonds. The Balaban J connectivity index is 2.86. The molecule has 0 bridgehead atoms. The van der Waals surface area contributed by atoms with E-state index in [0.717, 1.165) is 11.2 Å². The molecule has 2 nitrogen and oxygen atoms in total. The van der Waals surface area contributed by atoms with E-state index in [9.17, 15) is 0 Å². The first-order valence-corrected chi connectivity index (χ1v) is 3.18. The zero-order valence-electron chi connectivity index (χ0n) is 5.70. The molecule has 0 N–H and O–H groups in total. The summed E-state index contributed by atoms with van der Waals surface area (Å²) in [7, 11) is 0. The van der Waals surface area contributed by atoms with Crippen molar-refractivity contribution in [3.63, 3.8) is 0 Å². The summed E-state index contributed by atoms with van der Waals surface area (Å²) in [5, 5.41) is 0. The van der Waals surface area contributed by atoms with Gasteiger partial charge in [0.25, 0.3) is 0 Å². The van der Waals surface area contributed by atoms with E-state index < -0.39 is 0 Å². The minimum Gasteiger partial charge on any atom is -0.299 e. The SMILES string of the molecule is Cc1cc2cc[c]n2cn1. The van der Waals surface area contributed by atoms with Crippen molar-refractivity contribution < 1.29 is 0 Å². The van der Waals surface area contributed by atoms with Gasteiger partial charge in [0.2, 0.25) is 0 Å². The van der Waals surface area contributed by atoms with Crippen LogP contribution in [0.25, 0.3) is 5.52 Å². The highest BCUT2D eigenvalue weighted by Crippen LogP contribution is 2.02. The standard InChI is InChI=1S/C8H7N2/c1-7-5-8-3-2-4-10(8)6-9-7/h2-3,5-6H,1H3. The van der Waals surface area contributed by atoms with Crippen LogP contribution in [0.3, 0.4) is 0 Å². The van der Waals surface area contributed by atoms with Crippen LogP contribution in [-0.2, 0) is 0 Å². The van der Waals surface area contributed by atoms with Gasteiger partial charge in [0.1, 0.15) is 0 Å². The van der Waals surface area contributed by atoms with Gasteiger partial charge in [0, 0.05) is 11.2 Å². The van der Waals surface area contributed by atoms with E-state index >= 15 is 0 Å². The molecular formula is C8H7N2. The maximum absolute atomic E-state index is 4.11. The van der Waals surface area contributed by atoms with Gasteiger partial charge in [-0.15, -0.1) is 0 Å². The summed E-state index contributed by atoms with van der Waals surface area (Å²) in [5.41, 5.74) is 2.19. The van der Waals surface area contributed by atoms with E-state index in [2.05, 4.69) is 11.2 Å². The van der Waals surface area contributed by atoms with Crippen molar-refractivity contribution in [3.05, 3.63) is 36.4 Å². The Morgan fingerprint density at radius 1 is 1.60 bits per heavy atom. The summed E-state index contributed by atoms with van der Waals surface area (Å²) in [5.74, 6) is 0. The van der Waals surface area contributed by atoms with Gasteiger partial charge in [-0.25, -0.2) is 4.98 Å². The van der Waals surface area contributed by atoms with Gasteiger partial charge in [-0.1, -0.05) is 0 Å². The minimum absolute atomic E-state index is 1.04. The van der Waals surface area contributed by atoms with Gasteiger partial charge < -0.3 is 0 Å². The molecule has 0 aromatic carbocycles. The zero-order chi connectivity index (χ0) is 6.97. The number of rotatable bonds is 0. The average Bonchev–Trinajstić information content (AvgIpc) is 2.33. The van der Waals surface area contributed by atoms with Crippen LogP contribution in [0.2, 0.25) is 0 Å². The summed E-state index contributed by atoms with van der Waals surface area (Å²) in [6.45, 7) is 1.98. The van der Waals surface area contributed by atoms with Gasteiger partial charge in [0.15, 0.2) is 0 Å². The summed E-state index contributed by atoms with van der Waals surface area (Å²) in [4.78, 5) is 4.11. The van der Waals surface area contributed by atoms with Crippen LogP contribution in [0.15, 0.2) is 24.5 Å². The molecule has 0 saturated carbocycles. The van der Waals surface area contributed by atoms with Crippen molar-refractivity contribution in [1.82, 2.24) is 9.38 Å². The van der Waals surface area contributed by atoms with Crippen LogP contribution in [0.5, 0.6) is 0 Å². The van der Waals surface area contributed by atoms with Crippen LogP contribution in [0.4, 0.5) is 0 Å². The fourth-order valence-electron chi connectivity index (χ4n) is 0.976. The molecule has 0 aliphatic carbocycles. The van der Waals surface area contributed by atoms with Crippen molar-refractivity contribution in [1.29, 1.82) is 0 Å². The number of aromatic nitrogens is 2. The Kier molecular flexibility index (Phi) is 1.01. The molecule has 0 atom stereocenters. The second-order valence-electron chi connectivity index (χ2n) is 2.29. The molecule has 2 aromatic rings. The summed E-state index contributed by atoms with van der Waals surface area (Å²) >= 11 is 0. The van der Waals surface area contributed by atoms with Gasteiger partial charge in [0.05, 0.1) is 12.5 Å². The highest BCUT2D eigenvalue weighted by molar-refractivity contribution is 5.46. The molecule has 10 heavy (non-hydrogen) atoms. The number of aryl methyl sites for hydroxylation is 1. The lowest BCUT2D eigenvalue weighted by molar-refractivity contribution is 1.05. The largest absolute Gasteiger partial charge is 0.299 e. The lowest BCUT2D eigenvalue weighted by Crippen LogP contribution is -1.86. The van der Waals surface area contributed by atoms with E-state index in [-0.39, 0.29) is 0 Å². The van der Waals surface area contributed by atoms with Gasteiger partial charge >= 0.3 is 0 Å². The van der Waals surface area contributed by atoms with E-state index in [0.29, 0.717) is 0 Å². The maximum Gasteiger partial charge on any atom is 0.0999 e. The summed E-state index contributed by atoms with van der Waals surface area (Å²) in [6, 6.07) is 5.92. The second-order valence-corrected chi connectivity index (χ2v) is 2.29.